The van der Waals surface area contributed by atoms with Gasteiger partial charge in [-0.25, -0.2) is 0 Å². The number of piperazine rings is 1. The van der Waals surface area contributed by atoms with E-state index in [2.05, 4.69) is 17.0 Å². The van der Waals surface area contributed by atoms with Crippen molar-refractivity contribution in [3.8, 4) is 0 Å². The molecular formula is C26H30N2O4. The van der Waals surface area contributed by atoms with Crippen LogP contribution in [0.5, 0.6) is 0 Å². The molecule has 1 aliphatic heterocycles. The summed E-state index contributed by atoms with van der Waals surface area (Å²) in [5.74, 6) is -0.752. The fourth-order valence-electron chi connectivity index (χ4n) is 4.43. The van der Waals surface area contributed by atoms with E-state index in [9.17, 15) is 14.4 Å². The first-order valence-electron chi connectivity index (χ1n) is 11.5. The third kappa shape index (κ3) is 5.55. The maximum atomic E-state index is 12.5. The first-order valence-corrected chi connectivity index (χ1v) is 11.5. The van der Waals surface area contributed by atoms with Crippen molar-refractivity contribution in [3.63, 3.8) is 0 Å². The molecule has 2 aromatic rings. The van der Waals surface area contributed by atoms with Gasteiger partial charge in [0, 0.05) is 43.9 Å². The molecule has 0 saturated carbocycles. The molecule has 168 valence electrons. The molecule has 0 bridgehead atoms. The number of carbonyl (C=O) groups excluding carboxylic acids is 3. The molecular weight excluding hydrogens is 404 g/mol. The first-order chi connectivity index (χ1) is 15.6. The Hall–Kier alpha value is -3.15. The number of anilines is 1. The molecule has 0 spiro atoms. The SMILES string of the molecule is O=C(CCC(=O)c1ccc2c(c1)CCCC2)OCC(=O)N1CCN(c2ccccc2)CC1. The van der Waals surface area contributed by atoms with E-state index in [1.807, 2.05) is 36.4 Å². The van der Waals surface area contributed by atoms with Crippen molar-refractivity contribution in [3.05, 3.63) is 65.2 Å². The number of benzene rings is 2. The normalized spacial score (nSPS) is 15.8. The molecule has 0 atom stereocenters. The number of hydrogen-bond donors (Lipinski definition) is 0. The van der Waals surface area contributed by atoms with Crippen LogP contribution in [0, 0.1) is 0 Å². The molecule has 0 N–H and O–H groups in total. The smallest absolute Gasteiger partial charge is 0.306 e. The van der Waals surface area contributed by atoms with Crippen LogP contribution in [-0.2, 0) is 27.2 Å². The standard InChI is InChI=1S/C26H30N2O4/c29-24(22-11-10-20-6-4-5-7-21(20)18-22)12-13-26(31)32-19-25(30)28-16-14-27(15-17-28)23-8-2-1-3-9-23/h1-3,8-11,18H,4-7,12-17,19H2. The Labute approximate surface area is 189 Å². The average Bonchev–Trinajstić information content (AvgIpc) is 2.86. The van der Waals surface area contributed by atoms with Gasteiger partial charge in [0.2, 0.25) is 0 Å². The molecule has 1 fully saturated rings. The number of esters is 1. The van der Waals surface area contributed by atoms with Gasteiger partial charge < -0.3 is 14.5 Å². The lowest BCUT2D eigenvalue weighted by atomic mass is 9.89. The number of para-hydroxylation sites is 1. The number of rotatable bonds is 7. The zero-order valence-corrected chi connectivity index (χ0v) is 18.4. The Balaban J connectivity index is 1.17. The highest BCUT2D eigenvalue weighted by Crippen LogP contribution is 2.23. The molecule has 0 unspecified atom stereocenters. The molecule has 1 amide bonds. The third-order valence-electron chi connectivity index (χ3n) is 6.34. The van der Waals surface area contributed by atoms with E-state index in [0.29, 0.717) is 18.7 Å². The fourth-order valence-corrected chi connectivity index (χ4v) is 4.43. The minimum atomic E-state index is -0.507. The zero-order chi connectivity index (χ0) is 22.3. The molecule has 0 aromatic heterocycles. The van der Waals surface area contributed by atoms with Gasteiger partial charge in [-0.05, 0) is 55.0 Å². The van der Waals surface area contributed by atoms with Crippen LogP contribution in [0.3, 0.4) is 0 Å². The van der Waals surface area contributed by atoms with Gasteiger partial charge in [-0.15, -0.1) is 0 Å². The predicted molar refractivity (Wildman–Crippen MR) is 123 cm³/mol. The minimum absolute atomic E-state index is 0.00895. The van der Waals surface area contributed by atoms with Crippen LogP contribution in [0.1, 0.15) is 47.2 Å². The maximum absolute atomic E-state index is 12.5. The Bertz CT molecular complexity index is 965. The summed E-state index contributed by atoms with van der Waals surface area (Å²) in [6.07, 6.45) is 4.54. The van der Waals surface area contributed by atoms with Crippen molar-refractivity contribution < 1.29 is 19.1 Å². The number of ether oxygens (including phenoxy) is 1. The van der Waals surface area contributed by atoms with E-state index in [1.54, 1.807) is 4.90 Å². The molecule has 0 radical (unpaired) electrons. The Morgan fingerprint density at radius 1 is 0.812 bits per heavy atom. The molecule has 6 nitrogen and oxygen atoms in total. The van der Waals surface area contributed by atoms with Gasteiger partial charge in [-0.1, -0.05) is 30.3 Å². The minimum Gasteiger partial charge on any atom is -0.456 e. The molecule has 2 aromatic carbocycles. The summed E-state index contributed by atoms with van der Waals surface area (Å²) < 4.78 is 5.15. The second-order valence-corrected chi connectivity index (χ2v) is 8.48. The average molecular weight is 435 g/mol. The van der Waals surface area contributed by atoms with Crippen LogP contribution in [0.4, 0.5) is 5.69 Å². The number of carbonyl (C=O) groups is 3. The van der Waals surface area contributed by atoms with Crippen LogP contribution < -0.4 is 4.90 Å². The number of nitrogens with zero attached hydrogens (tertiary/aromatic N) is 2. The highest BCUT2D eigenvalue weighted by molar-refractivity contribution is 5.97. The lowest BCUT2D eigenvalue weighted by molar-refractivity contribution is -0.152. The topological polar surface area (TPSA) is 66.9 Å². The van der Waals surface area contributed by atoms with Crippen molar-refractivity contribution in [2.75, 3.05) is 37.7 Å². The summed E-state index contributed by atoms with van der Waals surface area (Å²) in [4.78, 5) is 40.9. The summed E-state index contributed by atoms with van der Waals surface area (Å²) in [7, 11) is 0. The summed E-state index contributed by atoms with van der Waals surface area (Å²) in [6, 6.07) is 16.0. The Morgan fingerprint density at radius 3 is 2.28 bits per heavy atom. The predicted octanol–water partition coefficient (Wildman–Crippen LogP) is 3.42. The van der Waals surface area contributed by atoms with Crippen molar-refractivity contribution in [1.29, 1.82) is 0 Å². The molecule has 4 rings (SSSR count). The number of hydrogen-bond acceptors (Lipinski definition) is 5. The van der Waals surface area contributed by atoms with Crippen LogP contribution in [0.2, 0.25) is 0 Å². The summed E-state index contributed by atoms with van der Waals surface area (Å²) >= 11 is 0. The van der Waals surface area contributed by atoms with Gasteiger partial charge in [0.25, 0.3) is 5.91 Å². The summed E-state index contributed by atoms with van der Waals surface area (Å²) in [5.41, 5.74) is 4.39. The van der Waals surface area contributed by atoms with Crippen molar-refractivity contribution >= 4 is 23.3 Å². The summed E-state index contributed by atoms with van der Waals surface area (Å²) in [6.45, 7) is 2.43. The largest absolute Gasteiger partial charge is 0.456 e. The lowest BCUT2D eigenvalue weighted by Gasteiger charge is -2.36. The first kappa shape index (κ1) is 22.1. The highest BCUT2D eigenvalue weighted by Gasteiger charge is 2.22. The van der Waals surface area contributed by atoms with E-state index in [-0.39, 0.29) is 31.1 Å². The van der Waals surface area contributed by atoms with Crippen LogP contribution in [0.15, 0.2) is 48.5 Å². The van der Waals surface area contributed by atoms with Crippen molar-refractivity contribution in [2.45, 2.75) is 38.5 Å². The Morgan fingerprint density at radius 2 is 1.53 bits per heavy atom. The molecule has 2 aliphatic rings. The number of Topliss-reactive ketones (excluding diaryl/α,β-unsaturated/α-hetero) is 1. The molecule has 1 aliphatic carbocycles. The number of ketones is 1. The van der Waals surface area contributed by atoms with E-state index in [4.69, 9.17) is 4.74 Å². The fraction of sp³-hybridized carbons (Fsp3) is 0.423. The molecule has 32 heavy (non-hydrogen) atoms. The van der Waals surface area contributed by atoms with E-state index >= 15 is 0 Å². The summed E-state index contributed by atoms with van der Waals surface area (Å²) in [5, 5.41) is 0. The van der Waals surface area contributed by atoms with Gasteiger partial charge in [-0.2, -0.15) is 0 Å². The molecule has 1 heterocycles. The van der Waals surface area contributed by atoms with E-state index < -0.39 is 5.97 Å². The van der Waals surface area contributed by atoms with Gasteiger partial charge in [0.1, 0.15) is 0 Å². The molecule has 1 saturated heterocycles. The lowest BCUT2D eigenvalue weighted by Crippen LogP contribution is -2.49. The van der Waals surface area contributed by atoms with Crippen molar-refractivity contribution in [1.82, 2.24) is 4.90 Å². The highest BCUT2D eigenvalue weighted by atomic mass is 16.5. The van der Waals surface area contributed by atoms with Crippen LogP contribution in [-0.4, -0.2) is 55.3 Å². The second kappa shape index (κ2) is 10.4. The molecule has 6 heteroatoms. The van der Waals surface area contributed by atoms with E-state index in [0.717, 1.165) is 38.0 Å². The van der Waals surface area contributed by atoms with Gasteiger partial charge in [0.05, 0.1) is 6.42 Å². The van der Waals surface area contributed by atoms with E-state index in [1.165, 1.54) is 17.5 Å². The third-order valence-corrected chi connectivity index (χ3v) is 6.34. The van der Waals surface area contributed by atoms with Gasteiger partial charge in [-0.3, -0.25) is 14.4 Å². The number of fused-ring (bicyclic) bond motifs is 1. The maximum Gasteiger partial charge on any atom is 0.306 e. The van der Waals surface area contributed by atoms with Gasteiger partial charge in [0.15, 0.2) is 12.4 Å². The Kier molecular flexibility index (Phi) is 7.20. The quantitative estimate of drug-likeness (QED) is 0.493. The van der Waals surface area contributed by atoms with Crippen LogP contribution in [0.25, 0.3) is 0 Å². The number of aryl methyl sites for hydroxylation is 2. The second-order valence-electron chi connectivity index (χ2n) is 8.48. The van der Waals surface area contributed by atoms with Crippen LogP contribution >= 0.6 is 0 Å². The van der Waals surface area contributed by atoms with Gasteiger partial charge >= 0.3 is 5.97 Å². The monoisotopic (exact) mass is 434 g/mol. The zero-order valence-electron chi connectivity index (χ0n) is 18.4. The number of amides is 1. The van der Waals surface area contributed by atoms with Crippen molar-refractivity contribution in [2.24, 2.45) is 0 Å².